The van der Waals surface area contributed by atoms with Crippen LogP contribution in [0.25, 0.3) is 0 Å². The molecule has 0 spiro atoms. The van der Waals surface area contributed by atoms with Crippen molar-refractivity contribution >= 4 is 44.8 Å². The van der Waals surface area contributed by atoms with Crippen molar-refractivity contribution in [2.45, 2.75) is 45.7 Å². The van der Waals surface area contributed by atoms with Gasteiger partial charge in [-0.05, 0) is 42.2 Å². The number of benzene rings is 3. The van der Waals surface area contributed by atoms with Crippen molar-refractivity contribution in [3.63, 3.8) is 0 Å². The average molecular weight is 615 g/mol. The molecule has 0 heterocycles. The van der Waals surface area contributed by atoms with Crippen LogP contribution in [0.2, 0.25) is 5.02 Å². The van der Waals surface area contributed by atoms with Crippen LogP contribution < -0.4 is 9.62 Å². The van der Waals surface area contributed by atoms with Crippen LogP contribution in [0.5, 0.6) is 0 Å². The maximum Gasteiger partial charge on any atom is 0.271 e. The Labute approximate surface area is 251 Å². The van der Waals surface area contributed by atoms with Crippen LogP contribution in [0.15, 0.2) is 72.8 Å². The number of carbonyl (C=O) groups is 2. The first-order valence-electron chi connectivity index (χ1n) is 13.5. The maximum atomic E-state index is 14.1. The standard InChI is InChI=1S/C30H35ClN4O6S/c1-4-5-16-32-30(37)28(18-23-10-7-6-8-11-23)33(20-24-12-9-13-25(31)17-24)29(36)21-34(42(3,40)41)27-19-26(35(38)39)15-14-22(27)2/h6-15,17,19,28H,4-5,16,18,20-21H2,1-3H3,(H,32,37). The number of nitro groups is 1. The van der Waals surface area contributed by atoms with E-state index in [1.54, 1.807) is 31.2 Å². The van der Waals surface area contributed by atoms with Gasteiger partial charge in [-0.1, -0.05) is 73.5 Å². The maximum absolute atomic E-state index is 14.1. The summed E-state index contributed by atoms with van der Waals surface area (Å²) >= 11 is 6.22. The molecule has 1 atom stereocenters. The third-order valence-electron chi connectivity index (χ3n) is 6.69. The molecule has 1 unspecified atom stereocenters. The lowest BCUT2D eigenvalue weighted by Crippen LogP contribution is -2.53. The summed E-state index contributed by atoms with van der Waals surface area (Å²) in [6.45, 7) is 3.32. The van der Waals surface area contributed by atoms with Gasteiger partial charge in [-0.15, -0.1) is 0 Å². The van der Waals surface area contributed by atoms with Gasteiger partial charge in [-0.2, -0.15) is 0 Å². The summed E-state index contributed by atoms with van der Waals surface area (Å²) in [7, 11) is -4.07. The van der Waals surface area contributed by atoms with E-state index in [1.807, 2.05) is 37.3 Å². The fourth-order valence-electron chi connectivity index (χ4n) is 4.47. The molecule has 42 heavy (non-hydrogen) atoms. The molecule has 3 rings (SSSR count). The van der Waals surface area contributed by atoms with Crippen molar-refractivity contribution in [3.8, 4) is 0 Å². The lowest BCUT2D eigenvalue weighted by molar-refractivity contribution is -0.384. The van der Waals surface area contributed by atoms with Crippen LogP contribution in [0, 0.1) is 17.0 Å². The molecule has 0 aliphatic carbocycles. The van der Waals surface area contributed by atoms with E-state index < -0.39 is 33.4 Å². The number of carbonyl (C=O) groups excluding carboxylic acids is 2. The second-order valence-electron chi connectivity index (χ2n) is 10.00. The van der Waals surface area contributed by atoms with Gasteiger partial charge in [0.2, 0.25) is 21.8 Å². The fraction of sp³-hybridized carbons (Fsp3) is 0.333. The second-order valence-corrected chi connectivity index (χ2v) is 12.3. The number of sulfonamides is 1. The fourth-order valence-corrected chi connectivity index (χ4v) is 5.58. The minimum Gasteiger partial charge on any atom is -0.354 e. The number of aryl methyl sites for hydroxylation is 1. The number of non-ortho nitro benzene ring substituents is 1. The van der Waals surface area contributed by atoms with Crippen molar-refractivity contribution in [3.05, 3.63) is 105 Å². The summed E-state index contributed by atoms with van der Waals surface area (Å²) in [4.78, 5) is 39.9. The Morgan fingerprint density at radius 1 is 1.02 bits per heavy atom. The van der Waals surface area contributed by atoms with Crippen LogP contribution in [0.4, 0.5) is 11.4 Å². The molecule has 0 aliphatic heterocycles. The Balaban J connectivity index is 2.09. The molecule has 0 aliphatic rings. The molecule has 12 heteroatoms. The van der Waals surface area contributed by atoms with Crippen LogP contribution in [-0.4, -0.2) is 55.4 Å². The van der Waals surface area contributed by atoms with Gasteiger partial charge in [0.15, 0.2) is 0 Å². The molecule has 0 bridgehead atoms. The quantitative estimate of drug-likeness (QED) is 0.156. The minimum absolute atomic E-state index is 0.00904. The SMILES string of the molecule is CCCCNC(=O)C(Cc1ccccc1)N(Cc1cccc(Cl)c1)C(=O)CN(c1cc([N+](=O)[O-])ccc1C)S(C)(=O)=O. The lowest BCUT2D eigenvalue weighted by Gasteiger charge is -2.33. The normalized spacial score (nSPS) is 11.9. The zero-order valence-electron chi connectivity index (χ0n) is 23.8. The Bertz CT molecular complexity index is 1520. The largest absolute Gasteiger partial charge is 0.354 e. The highest BCUT2D eigenvalue weighted by molar-refractivity contribution is 7.92. The zero-order valence-corrected chi connectivity index (χ0v) is 25.4. The van der Waals surface area contributed by atoms with Gasteiger partial charge in [0, 0.05) is 36.7 Å². The van der Waals surface area contributed by atoms with Gasteiger partial charge in [0.25, 0.3) is 5.69 Å². The minimum atomic E-state index is -4.07. The van der Waals surface area contributed by atoms with Gasteiger partial charge < -0.3 is 10.2 Å². The van der Waals surface area contributed by atoms with Gasteiger partial charge in [-0.25, -0.2) is 8.42 Å². The number of nitro benzene ring substituents is 1. The van der Waals surface area contributed by atoms with Crippen molar-refractivity contribution < 1.29 is 22.9 Å². The molecule has 0 saturated carbocycles. The summed E-state index contributed by atoms with van der Waals surface area (Å²) in [5.74, 6) is -1.03. The Morgan fingerprint density at radius 3 is 2.33 bits per heavy atom. The first kappa shape index (κ1) is 32.6. The molecule has 0 radical (unpaired) electrons. The molecule has 0 fully saturated rings. The summed E-state index contributed by atoms with van der Waals surface area (Å²) in [6, 6.07) is 18.9. The molecular weight excluding hydrogens is 580 g/mol. The first-order valence-corrected chi connectivity index (χ1v) is 15.7. The van der Waals surface area contributed by atoms with Crippen molar-refractivity contribution in [2.24, 2.45) is 0 Å². The highest BCUT2D eigenvalue weighted by Crippen LogP contribution is 2.28. The molecular formula is C30H35ClN4O6S. The topological polar surface area (TPSA) is 130 Å². The van der Waals surface area contributed by atoms with E-state index in [-0.39, 0.29) is 30.2 Å². The summed E-state index contributed by atoms with van der Waals surface area (Å²) in [5, 5.41) is 14.8. The highest BCUT2D eigenvalue weighted by Gasteiger charge is 2.33. The van der Waals surface area contributed by atoms with E-state index in [1.165, 1.54) is 17.0 Å². The number of unbranched alkanes of at least 4 members (excludes halogenated alkanes) is 1. The third kappa shape index (κ3) is 9.02. The van der Waals surface area contributed by atoms with Gasteiger partial charge in [0.05, 0.1) is 16.9 Å². The predicted molar refractivity (Wildman–Crippen MR) is 164 cm³/mol. The van der Waals surface area contributed by atoms with E-state index in [4.69, 9.17) is 11.6 Å². The first-order chi connectivity index (χ1) is 19.9. The van der Waals surface area contributed by atoms with Crippen molar-refractivity contribution in [1.82, 2.24) is 10.2 Å². The van der Waals surface area contributed by atoms with Crippen molar-refractivity contribution in [1.29, 1.82) is 0 Å². The van der Waals surface area contributed by atoms with E-state index >= 15 is 0 Å². The van der Waals surface area contributed by atoms with Crippen LogP contribution in [-0.2, 0) is 32.6 Å². The summed E-state index contributed by atoms with van der Waals surface area (Å²) in [6.07, 6.45) is 2.72. The molecule has 0 saturated heterocycles. The summed E-state index contributed by atoms with van der Waals surface area (Å²) < 4.78 is 26.8. The average Bonchev–Trinajstić information content (AvgIpc) is 2.94. The number of nitrogens with zero attached hydrogens (tertiary/aromatic N) is 3. The van der Waals surface area contributed by atoms with Crippen LogP contribution >= 0.6 is 11.6 Å². The molecule has 224 valence electrons. The van der Waals surface area contributed by atoms with Gasteiger partial charge in [0.1, 0.15) is 12.6 Å². The van der Waals surface area contributed by atoms with E-state index in [0.29, 0.717) is 22.7 Å². The number of hydrogen-bond acceptors (Lipinski definition) is 6. The second kappa shape index (κ2) is 14.8. The Morgan fingerprint density at radius 2 is 1.71 bits per heavy atom. The number of amides is 2. The monoisotopic (exact) mass is 614 g/mol. The molecule has 10 nitrogen and oxygen atoms in total. The molecule has 3 aromatic rings. The number of hydrogen-bond donors (Lipinski definition) is 1. The number of rotatable bonds is 14. The van der Waals surface area contributed by atoms with E-state index in [0.717, 1.165) is 35.0 Å². The Hall–Kier alpha value is -3.96. The zero-order chi connectivity index (χ0) is 30.9. The lowest BCUT2D eigenvalue weighted by atomic mass is 10.0. The number of nitrogens with one attached hydrogen (secondary N) is 1. The molecule has 0 aromatic heterocycles. The van der Waals surface area contributed by atoms with E-state index in [2.05, 4.69) is 5.32 Å². The van der Waals surface area contributed by atoms with Crippen LogP contribution in [0.1, 0.15) is 36.5 Å². The van der Waals surface area contributed by atoms with Gasteiger partial charge >= 0.3 is 0 Å². The van der Waals surface area contributed by atoms with Crippen LogP contribution in [0.3, 0.4) is 0 Å². The predicted octanol–water partition coefficient (Wildman–Crippen LogP) is 4.88. The smallest absolute Gasteiger partial charge is 0.271 e. The molecule has 2 amide bonds. The van der Waals surface area contributed by atoms with Crippen molar-refractivity contribution in [2.75, 3.05) is 23.7 Å². The number of anilines is 1. The summed E-state index contributed by atoms with van der Waals surface area (Å²) in [5.41, 5.74) is 1.58. The van der Waals surface area contributed by atoms with E-state index in [9.17, 15) is 28.1 Å². The Kier molecular flexibility index (Phi) is 11.5. The molecule has 3 aromatic carbocycles. The third-order valence-corrected chi connectivity index (χ3v) is 8.06. The molecule has 1 N–H and O–H groups in total. The van der Waals surface area contributed by atoms with Gasteiger partial charge in [-0.3, -0.25) is 24.0 Å². The highest BCUT2D eigenvalue weighted by atomic mass is 35.5. The number of halogens is 1.